The van der Waals surface area contributed by atoms with Gasteiger partial charge in [-0.2, -0.15) is 0 Å². The number of carbonyl (C=O) groups excluding carboxylic acids is 2. The zero-order valence-electron chi connectivity index (χ0n) is 15.3. The normalized spacial score (nSPS) is 10.3. The molecule has 0 atom stereocenters. The quantitative estimate of drug-likeness (QED) is 0.464. The second-order valence-electron chi connectivity index (χ2n) is 5.81. The number of likely N-dealkylation sites (N-methyl/N-ethyl adjacent to an activating group) is 1. The van der Waals surface area contributed by atoms with E-state index in [4.69, 9.17) is 21.1 Å². The van der Waals surface area contributed by atoms with Gasteiger partial charge in [0.1, 0.15) is 5.75 Å². The minimum atomic E-state index is -0.386. The minimum Gasteiger partial charge on any atom is -0.497 e. The number of thioether (sulfide) groups is 1. The Bertz CT molecular complexity index is 750. The molecular formula is C20H22ClNO4S. The number of amides is 1. The van der Waals surface area contributed by atoms with Gasteiger partial charge in [0, 0.05) is 29.3 Å². The molecule has 0 aliphatic carbocycles. The van der Waals surface area contributed by atoms with Crippen LogP contribution in [0.2, 0.25) is 5.02 Å². The summed E-state index contributed by atoms with van der Waals surface area (Å²) < 4.78 is 10.2. The molecule has 2 aromatic rings. The van der Waals surface area contributed by atoms with Crippen LogP contribution in [0.4, 0.5) is 0 Å². The zero-order chi connectivity index (χ0) is 19.6. The monoisotopic (exact) mass is 407 g/mol. The van der Waals surface area contributed by atoms with Crippen molar-refractivity contribution in [2.75, 3.05) is 26.5 Å². The van der Waals surface area contributed by atoms with Crippen LogP contribution in [0.15, 0.2) is 53.4 Å². The molecule has 2 aromatic carbocycles. The average Bonchev–Trinajstić information content (AvgIpc) is 2.68. The van der Waals surface area contributed by atoms with Gasteiger partial charge in [0.15, 0.2) is 6.61 Å². The first-order chi connectivity index (χ1) is 13.0. The van der Waals surface area contributed by atoms with Gasteiger partial charge in [-0.25, -0.2) is 0 Å². The number of halogens is 1. The number of rotatable bonds is 9. The number of esters is 1. The third kappa shape index (κ3) is 7.53. The van der Waals surface area contributed by atoms with E-state index in [9.17, 15) is 9.59 Å². The third-order valence-electron chi connectivity index (χ3n) is 3.75. The second kappa shape index (κ2) is 10.8. The van der Waals surface area contributed by atoms with E-state index in [-0.39, 0.29) is 24.9 Å². The Morgan fingerprint density at radius 2 is 1.74 bits per heavy atom. The average molecular weight is 408 g/mol. The van der Waals surface area contributed by atoms with Crippen molar-refractivity contribution < 1.29 is 19.1 Å². The predicted molar refractivity (Wildman–Crippen MR) is 107 cm³/mol. The summed E-state index contributed by atoms with van der Waals surface area (Å²) in [6, 6.07) is 14.9. The van der Waals surface area contributed by atoms with Gasteiger partial charge >= 0.3 is 5.97 Å². The summed E-state index contributed by atoms with van der Waals surface area (Å²) in [5.74, 6) is 0.710. The van der Waals surface area contributed by atoms with Gasteiger partial charge in [-0.1, -0.05) is 23.7 Å². The number of hydrogen-bond acceptors (Lipinski definition) is 5. The molecule has 144 valence electrons. The molecule has 0 heterocycles. The molecule has 27 heavy (non-hydrogen) atoms. The largest absolute Gasteiger partial charge is 0.497 e. The number of nitrogens with zero attached hydrogens (tertiary/aromatic N) is 1. The standard InChI is InChI=1S/C20H22ClNO4S/c1-22(13-15-3-7-17(25-2)8-4-15)19(23)14-26-20(24)11-12-27-18-9-5-16(21)6-10-18/h3-10H,11-14H2,1-2H3. The van der Waals surface area contributed by atoms with Crippen LogP contribution in [0.3, 0.4) is 0 Å². The van der Waals surface area contributed by atoms with Crippen molar-refractivity contribution in [3.05, 3.63) is 59.1 Å². The minimum absolute atomic E-state index is 0.239. The van der Waals surface area contributed by atoms with Gasteiger partial charge in [-0.05, 0) is 42.0 Å². The fourth-order valence-electron chi connectivity index (χ4n) is 2.20. The summed E-state index contributed by atoms with van der Waals surface area (Å²) in [4.78, 5) is 26.5. The Kier molecular flexibility index (Phi) is 8.48. The number of benzene rings is 2. The first kappa shape index (κ1) is 21.1. The maximum atomic E-state index is 12.1. The van der Waals surface area contributed by atoms with E-state index in [2.05, 4.69) is 0 Å². The fourth-order valence-corrected chi connectivity index (χ4v) is 3.16. The first-order valence-electron chi connectivity index (χ1n) is 8.39. The van der Waals surface area contributed by atoms with Crippen molar-refractivity contribution in [2.24, 2.45) is 0 Å². The molecule has 2 rings (SSSR count). The van der Waals surface area contributed by atoms with E-state index in [0.717, 1.165) is 16.2 Å². The molecule has 0 bridgehead atoms. The van der Waals surface area contributed by atoms with Gasteiger partial charge < -0.3 is 14.4 Å². The molecule has 0 aliphatic heterocycles. The maximum Gasteiger partial charge on any atom is 0.307 e. The fraction of sp³-hybridized carbons (Fsp3) is 0.300. The highest BCUT2D eigenvalue weighted by Crippen LogP contribution is 2.21. The topological polar surface area (TPSA) is 55.8 Å². The third-order valence-corrected chi connectivity index (χ3v) is 5.02. The van der Waals surface area contributed by atoms with Crippen molar-refractivity contribution in [2.45, 2.75) is 17.9 Å². The second-order valence-corrected chi connectivity index (χ2v) is 7.42. The van der Waals surface area contributed by atoms with Gasteiger partial charge in [0.05, 0.1) is 13.5 Å². The van der Waals surface area contributed by atoms with Crippen molar-refractivity contribution in [1.82, 2.24) is 4.90 Å². The van der Waals surface area contributed by atoms with E-state index in [1.165, 1.54) is 16.7 Å². The summed E-state index contributed by atoms with van der Waals surface area (Å²) in [6.45, 7) is 0.184. The number of methoxy groups -OCH3 is 1. The molecule has 7 heteroatoms. The molecular weight excluding hydrogens is 386 g/mol. The molecule has 1 amide bonds. The molecule has 0 saturated carbocycles. The Morgan fingerprint density at radius 3 is 2.37 bits per heavy atom. The smallest absolute Gasteiger partial charge is 0.307 e. The van der Waals surface area contributed by atoms with Gasteiger partial charge in [0.25, 0.3) is 5.91 Å². The summed E-state index contributed by atoms with van der Waals surface area (Å²) >= 11 is 7.37. The van der Waals surface area contributed by atoms with E-state index in [1.807, 2.05) is 36.4 Å². The van der Waals surface area contributed by atoms with Gasteiger partial charge in [0.2, 0.25) is 0 Å². The molecule has 0 radical (unpaired) electrons. The Labute approximate surface area is 168 Å². The lowest BCUT2D eigenvalue weighted by molar-refractivity contribution is -0.151. The van der Waals surface area contributed by atoms with E-state index < -0.39 is 0 Å². The van der Waals surface area contributed by atoms with Crippen LogP contribution in [-0.2, 0) is 20.9 Å². The lowest BCUT2D eigenvalue weighted by Crippen LogP contribution is -2.30. The summed E-state index contributed by atoms with van der Waals surface area (Å²) in [5, 5.41) is 0.677. The van der Waals surface area contributed by atoms with Crippen LogP contribution < -0.4 is 4.74 Å². The van der Waals surface area contributed by atoms with E-state index in [1.54, 1.807) is 26.3 Å². The molecule has 0 aromatic heterocycles. The Hall–Kier alpha value is -2.18. The number of ether oxygens (including phenoxy) is 2. The van der Waals surface area contributed by atoms with Crippen molar-refractivity contribution in [3.63, 3.8) is 0 Å². The van der Waals surface area contributed by atoms with Gasteiger partial charge in [-0.15, -0.1) is 11.8 Å². The summed E-state index contributed by atoms with van der Waals surface area (Å²) in [5.41, 5.74) is 0.970. The molecule has 0 aliphatic rings. The lowest BCUT2D eigenvalue weighted by Gasteiger charge is -2.17. The maximum absolute atomic E-state index is 12.1. The summed E-state index contributed by atoms with van der Waals surface area (Å²) in [6.07, 6.45) is 0.239. The van der Waals surface area contributed by atoms with Gasteiger partial charge in [-0.3, -0.25) is 9.59 Å². The molecule has 0 spiro atoms. The molecule has 0 saturated heterocycles. The van der Waals surface area contributed by atoms with Crippen LogP contribution in [0.5, 0.6) is 5.75 Å². The van der Waals surface area contributed by atoms with Crippen molar-refractivity contribution in [1.29, 1.82) is 0 Å². The Morgan fingerprint density at radius 1 is 1.07 bits per heavy atom. The highest BCUT2D eigenvalue weighted by Gasteiger charge is 2.12. The Balaban J connectivity index is 1.67. The van der Waals surface area contributed by atoms with E-state index >= 15 is 0 Å². The molecule has 0 N–H and O–H groups in total. The SMILES string of the molecule is COc1ccc(CN(C)C(=O)COC(=O)CCSc2ccc(Cl)cc2)cc1. The van der Waals surface area contributed by atoms with Crippen LogP contribution in [0, 0.1) is 0 Å². The van der Waals surface area contributed by atoms with Crippen molar-refractivity contribution >= 4 is 35.2 Å². The molecule has 5 nitrogen and oxygen atoms in total. The number of hydrogen-bond donors (Lipinski definition) is 0. The zero-order valence-corrected chi connectivity index (χ0v) is 16.9. The summed E-state index contributed by atoms with van der Waals surface area (Å²) in [7, 11) is 3.28. The van der Waals surface area contributed by atoms with E-state index in [0.29, 0.717) is 17.3 Å². The van der Waals surface area contributed by atoms with Crippen LogP contribution >= 0.6 is 23.4 Å². The van der Waals surface area contributed by atoms with Crippen LogP contribution in [0.1, 0.15) is 12.0 Å². The molecule has 0 unspecified atom stereocenters. The highest BCUT2D eigenvalue weighted by molar-refractivity contribution is 7.99. The van der Waals surface area contributed by atoms with Crippen molar-refractivity contribution in [3.8, 4) is 5.75 Å². The van der Waals surface area contributed by atoms with Crippen LogP contribution in [0.25, 0.3) is 0 Å². The molecule has 0 fully saturated rings. The first-order valence-corrected chi connectivity index (χ1v) is 9.75. The number of carbonyl (C=O) groups is 2. The predicted octanol–water partition coefficient (Wildman–Crippen LogP) is 4.03. The highest BCUT2D eigenvalue weighted by atomic mass is 35.5. The lowest BCUT2D eigenvalue weighted by atomic mass is 10.2. The van der Waals surface area contributed by atoms with Crippen LogP contribution in [-0.4, -0.2) is 43.3 Å².